The zero-order chi connectivity index (χ0) is 21.4. The number of carbonyl (C=O) groups excluding carboxylic acids is 1. The number of nitrogens with zero attached hydrogens (tertiary/aromatic N) is 3. The summed E-state index contributed by atoms with van der Waals surface area (Å²) in [6, 6.07) is 10.3. The van der Waals surface area contributed by atoms with Crippen molar-refractivity contribution in [3.8, 4) is 0 Å². The van der Waals surface area contributed by atoms with Crippen LogP contribution in [-0.2, 0) is 4.79 Å². The number of nitrogens with one attached hydrogen (secondary N) is 2. The van der Waals surface area contributed by atoms with Gasteiger partial charge in [0.2, 0.25) is 5.91 Å². The molecule has 1 aliphatic rings. The first-order valence-electron chi connectivity index (χ1n) is 10.3. The van der Waals surface area contributed by atoms with Gasteiger partial charge in [-0.15, -0.1) is 11.3 Å². The van der Waals surface area contributed by atoms with Gasteiger partial charge in [0.15, 0.2) is 0 Å². The number of amides is 1. The zero-order valence-electron chi connectivity index (χ0n) is 17.5. The molecule has 0 unspecified atom stereocenters. The van der Waals surface area contributed by atoms with Crippen LogP contribution in [0, 0.1) is 0 Å². The highest BCUT2D eigenvalue weighted by Gasteiger charge is 2.18. The summed E-state index contributed by atoms with van der Waals surface area (Å²) in [4.78, 5) is 26.4. The highest BCUT2D eigenvalue weighted by Crippen LogP contribution is 2.31. The van der Waals surface area contributed by atoms with Gasteiger partial charge in [0.05, 0.1) is 21.4 Å². The Balaban J connectivity index is 1.40. The maximum Gasteiger partial charge on any atom is 0.246 e. The molecule has 3 aromatic heterocycles. The summed E-state index contributed by atoms with van der Waals surface area (Å²) in [7, 11) is 0. The lowest BCUT2D eigenvalue weighted by atomic mass is 10.0. The van der Waals surface area contributed by atoms with E-state index in [2.05, 4.69) is 38.5 Å². The summed E-state index contributed by atoms with van der Waals surface area (Å²) < 4.78 is 1.16. The van der Waals surface area contributed by atoms with E-state index in [1.54, 1.807) is 17.4 Å². The van der Waals surface area contributed by atoms with Crippen LogP contribution in [0.25, 0.3) is 26.8 Å². The predicted octanol–water partition coefficient (Wildman–Crippen LogP) is 5.50. The minimum atomic E-state index is 0.0815. The van der Waals surface area contributed by atoms with Crippen LogP contribution in [-0.4, -0.2) is 38.8 Å². The van der Waals surface area contributed by atoms with Gasteiger partial charge in [-0.05, 0) is 56.2 Å². The Morgan fingerprint density at radius 1 is 1.23 bits per heavy atom. The average molecular weight is 430 g/mol. The SMILES string of the molecule is CC(C)=CC(=O)N1CC=C(c2cc3c(Nc4ccc5ncsc5c4)ccnc3[nH]2)CC1. The van der Waals surface area contributed by atoms with Gasteiger partial charge in [-0.3, -0.25) is 4.79 Å². The molecule has 1 aromatic carbocycles. The molecule has 0 saturated heterocycles. The van der Waals surface area contributed by atoms with E-state index in [-0.39, 0.29) is 5.91 Å². The molecule has 2 N–H and O–H groups in total. The monoisotopic (exact) mass is 429 g/mol. The van der Waals surface area contributed by atoms with Crippen molar-refractivity contribution < 1.29 is 4.79 Å². The van der Waals surface area contributed by atoms with Crippen molar-refractivity contribution in [2.45, 2.75) is 20.3 Å². The molecular formula is C24H23N5OS. The van der Waals surface area contributed by atoms with Gasteiger partial charge in [0.1, 0.15) is 5.65 Å². The smallest absolute Gasteiger partial charge is 0.246 e. The standard InChI is InChI=1S/C24H23N5OS/c1-15(2)11-23(30)29-9-6-16(7-10-29)21-13-18-19(5-8-25-24(18)28-21)27-17-3-4-20-22(12-17)31-14-26-20/h3-6,8,11-14H,7,9-10H2,1-2H3,(H2,25,27,28). The molecule has 0 saturated carbocycles. The summed E-state index contributed by atoms with van der Waals surface area (Å²) in [5.41, 5.74) is 9.06. The van der Waals surface area contributed by atoms with E-state index in [0.29, 0.717) is 6.54 Å². The lowest BCUT2D eigenvalue weighted by Gasteiger charge is -2.25. The van der Waals surface area contributed by atoms with Crippen LogP contribution in [0.1, 0.15) is 26.0 Å². The number of aromatic amines is 1. The van der Waals surface area contributed by atoms with Crippen molar-refractivity contribution in [3.63, 3.8) is 0 Å². The molecule has 0 radical (unpaired) electrons. The summed E-state index contributed by atoms with van der Waals surface area (Å²) in [5, 5.41) is 4.57. The van der Waals surface area contributed by atoms with Gasteiger partial charge in [0, 0.05) is 42.1 Å². The predicted molar refractivity (Wildman–Crippen MR) is 128 cm³/mol. The molecule has 7 heteroatoms. The Kier molecular flexibility index (Phi) is 5.03. The molecule has 0 aliphatic carbocycles. The summed E-state index contributed by atoms with van der Waals surface area (Å²) in [6.07, 6.45) is 6.47. The largest absolute Gasteiger partial charge is 0.355 e. The number of hydrogen-bond donors (Lipinski definition) is 2. The van der Waals surface area contributed by atoms with E-state index in [0.717, 1.165) is 56.9 Å². The third-order valence-corrected chi connectivity index (χ3v) is 6.21. The van der Waals surface area contributed by atoms with E-state index in [4.69, 9.17) is 0 Å². The Labute approximate surface area is 184 Å². The Bertz CT molecular complexity index is 1340. The lowest BCUT2D eigenvalue weighted by Crippen LogP contribution is -2.33. The van der Waals surface area contributed by atoms with Crippen LogP contribution in [0.15, 0.2) is 59.8 Å². The average Bonchev–Trinajstić information content (AvgIpc) is 3.40. The lowest BCUT2D eigenvalue weighted by molar-refractivity contribution is -0.125. The van der Waals surface area contributed by atoms with Crippen molar-refractivity contribution >= 4 is 55.4 Å². The van der Waals surface area contributed by atoms with Crippen molar-refractivity contribution in [3.05, 3.63) is 65.5 Å². The van der Waals surface area contributed by atoms with Gasteiger partial charge < -0.3 is 15.2 Å². The molecule has 0 spiro atoms. The molecular weight excluding hydrogens is 406 g/mol. The molecule has 4 aromatic rings. The number of hydrogen-bond acceptors (Lipinski definition) is 5. The maximum atomic E-state index is 12.3. The minimum Gasteiger partial charge on any atom is -0.355 e. The van der Waals surface area contributed by atoms with Gasteiger partial charge in [-0.2, -0.15) is 0 Å². The van der Waals surface area contributed by atoms with Crippen molar-refractivity contribution in [1.29, 1.82) is 0 Å². The zero-order valence-corrected chi connectivity index (χ0v) is 18.3. The first kappa shape index (κ1) is 19.5. The third-order valence-electron chi connectivity index (χ3n) is 5.42. The highest BCUT2D eigenvalue weighted by atomic mass is 32.1. The highest BCUT2D eigenvalue weighted by molar-refractivity contribution is 7.16. The van der Waals surface area contributed by atoms with Crippen LogP contribution in [0.2, 0.25) is 0 Å². The van der Waals surface area contributed by atoms with E-state index in [1.807, 2.05) is 48.7 Å². The number of thiazole rings is 1. The number of carbonyl (C=O) groups is 1. The molecule has 5 rings (SSSR count). The third kappa shape index (κ3) is 3.96. The molecule has 31 heavy (non-hydrogen) atoms. The number of aromatic nitrogens is 3. The van der Waals surface area contributed by atoms with E-state index in [1.165, 1.54) is 5.57 Å². The van der Waals surface area contributed by atoms with Gasteiger partial charge in [0.25, 0.3) is 0 Å². The molecule has 1 amide bonds. The van der Waals surface area contributed by atoms with Gasteiger partial charge >= 0.3 is 0 Å². The van der Waals surface area contributed by atoms with Crippen molar-refractivity contribution in [2.24, 2.45) is 0 Å². The first-order valence-corrected chi connectivity index (χ1v) is 11.2. The minimum absolute atomic E-state index is 0.0815. The fourth-order valence-corrected chi connectivity index (χ4v) is 4.57. The number of allylic oxidation sites excluding steroid dienone is 1. The van der Waals surface area contributed by atoms with Crippen LogP contribution in [0.3, 0.4) is 0 Å². The summed E-state index contributed by atoms with van der Waals surface area (Å²) in [6.45, 7) is 5.24. The van der Waals surface area contributed by atoms with Crippen LogP contribution in [0.5, 0.6) is 0 Å². The topological polar surface area (TPSA) is 73.9 Å². The number of benzene rings is 1. The number of rotatable bonds is 4. The second-order valence-corrected chi connectivity index (χ2v) is 8.84. The second-order valence-electron chi connectivity index (χ2n) is 7.95. The second kappa shape index (κ2) is 8.00. The number of fused-ring (bicyclic) bond motifs is 2. The molecule has 0 atom stereocenters. The molecule has 1 aliphatic heterocycles. The molecule has 0 bridgehead atoms. The maximum absolute atomic E-state index is 12.3. The summed E-state index contributed by atoms with van der Waals surface area (Å²) >= 11 is 1.64. The molecule has 6 nitrogen and oxygen atoms in total. The Hall–Kier alpha value is -3.45. The van der Waals surface area contributed by atoms with Gasteiger partial charge in [-0.25, -0.2) is 9.97 Å². The fourth-order valence-electron chi connectivity index (χ4n) is 3.85. The van der Waals surface area contributed by atoms with Crippen LogP contribution < -0.4 is 5.32 Å². The van der Waals surface area contributed by atoms with E-state index in [9.17, 15) is 4.79 Å². The molecule has 4 heterocycles. The molecule has 0 fully saturated rings. The molecule has 156 valence electrons. The number of pyridine rings is 1. The number of anilines is 2. The normalized spacial score (nSPS) is 14.0. The number of H-pyrrole nitrogens is 1. The Morgan fingerprint density at radius 3 is 2.94 bits per heavy atom. The summed E-state index contributed by atoms with van der Waals surface area (Å²) in [5.74, 6) is 0.0815. The van der Waals surface area contributed by atoms with Crippen LogP contribution in [0.4, 0.5) is 11.4 Å². The van der Waals surface area contributed by atoms with Crippen molar-refractivity contribution in [1.82, 2.24) is 19.9 Å². The van der Waals surface area contributed by atoms with Crippen molar-refractivity contribution in [2.75, 3.05) is 18.4 Å². The first-order chi connectivity index (χ1) is 15.1. The van der Waals surface area contributed by atoms with E-state index < -0.39 is 0 Å². The van der Waals surface area contributed by atoms with E-state index >= 15 is 0 Å². The van der Waals surface area contributed by atoms with Gasteiger partial charge in [-0.1, -0.05) is 11.6 Å². The quantitative estimate of drug-likeness (QED) is 0.420. The van der Waals surface area contributed by atoms with Crippen LogP contribution >= 0.6 is 11.3 Å². The fraction of sp³-hybridized carbons (Fsp3) is 0.208. The Morgan fingerprint density at radius 2 is 2.13 bits per heavy atom.